The van der Waals surface area contributed by atoms with Gasteiger partial charge in [0.25, 0.3) is 0 Å². The fraction of sp³-hybridized carbons (Fsp3) is 0.444. The second-order valence-electron chi connectivity index (χ2n) is 5.83. The fourth-order valence-electron chi connectivity index (χ4n) is 2.98. The highest BCUT2D eigenvalue weighted by atomic mass is 16.5. The van der Waals surface area contributed by atoms with Crippen LogP contribution in [0.1, 0.15) is 11.1 Å². The van der Waals surface area contributed by atoms with Crippen molar-refractivity contribution >= 4 is 11.6 Å². The van der Waals surface area contributed by atoms with Crippen molar-refractivity contribution < 1.29 is 14.2 Å². The molecule has 0 atom stereocenters. The van der Waals surface area contributed by atoms with Crippen LogP contribution in [0, 0.1) is 0 Å². The summed E-state index contributed by atoms with van der Waals surface area (Å²) in [6.07, 6.45) is 2.53. The van der Waals surface area contributed by atoms with Crippen molar-refractivity contribution in [3.63, 3.8) is 0 Å². The molecule has 7 heteroatoms. The van der Waals surface area contributed by atoms with Gasteiger partial charge in [-0.3, -0.25) is 0 Å². The standard InChI is InChI=1S/C18H24N4O3/c1-23-7-5-19-17-10-18(21-12-20-17)22-6-4-13-8-15(24-2)16(25-3)9-14(13)11-22/h8-10,12H,4-7,11H2,1-3H3,(H,19,20,21). The van der Waals surface area contributed by atoms with E-state index in [4.69, 9.17) is 14.2 Å². The molecule has 1 aliphatic heterocycles. The third-order valence-corrected chi connectivity index (χ3v) is 4.31. The molecule has 1 aliphatic rings. The Morgan fingerprint density at radius 2 is 1.80 bits per heavy atom. The van der Waals surface area contributed by atoms with E-state index in [1.54, 1.807) is 27.7 Å². The number of rotatable bonds is 7. The molecule has 0 aliphatic carbocycles. The van der Waals surface area contributed by atoms with Crippen molar-refractivity contribution in [1.29, 1.82) is 0 Å². The molecule has 0 amide bonds. The Kier molecular flexibility index (Phi) is 5.55. The molecule has 0 spiro atoms. The number of nitrogens with one attached hydrogen (secondary N) is 1. The maximum Gasteiger partial charge on any atom is 0.161 e. The maximum absolute atomic E-state index is 5.43. The first-order valence-corrected chi connectivity index (χ1v) is 8.28. The lowest BCUT2D eigenvalue weighted by Crippen LogP contribution is -2.31. The smallest absolute Gasteiger partial charge is 0.161 e. The molecule has 25 heavy (non-hydrogen) atoms. The molecule has 3 rings (SSSR count). The number of anilines is 2. The zero-order valence-corrected chi connectivity index (χ0v) is 14.9. The summed E-state index contributed by atoms with van der Waals surface area (Å²) < 4.78 is 15.9. The van der Waals surface area contributed by atoms with Crippen molar-refractivity contribution in [2.45, 2.75) is 13.0 Å². The zero-order valence-electron chi connectivity index (χ0n) is 14.9. The van der Waals surface area contributed by atoms with E-state index in [1.165, 1.54) is 11.1 Å². The van der Waals surface area contributed by atoms with Gasteiger partial charge < -0.3 is 24.4 Å². The minimum atomic E-state index is 0.637. The Labute approximate surface area is 147 Å². The van der Waals surface area contributed by atoms with Crippen molar-refractivity contribution in [2.75, 3.05) is 51.2 Å². The Bertz CT molecular complexity index is 723. The number of fused-ring (bicyclic) bond motifs is 1. The first-order valence-electron chi connectivity index (χ1n) is 8.28. The van der Waals surface area contributed by atoms with Crippen LogP contribution in [0.15, 0.2) is 24.5 Å². The van der Waals surface area contributed by atoms with E-state index >= 15 is 0 Å². The van der Waals surface area contributed by atoms with E-state index in [0.717, 1.165) is 42.6 Å². The number of ether oxygens (including phenoxy) is 3. The van der Waals surface area contributed by atoms with Crippen LogP contribution in [0.2, 0.25) is 0 Å². The summed E-state index contributed by atoms with van der Waals surface area (Å²) >= 11 is 0. The minimum absolute atomic E-state index is 0.637. The van der Waals surface area contributed by atoms with Crippen LogP contribution < -0.4 is 19.7 Å². The van der Waals surface area contributed by atoms with Crippen LogP contribution in [-0.4, -0.2) is 51.0 Å². The lowest BCUT2D eigenvalue weighted by atomic mass is 9.99. The summed E-state index contributed by atoms with van der Waals surface area (Å²) in [5, 5.41) is 3.24. The van der Waals surface area contributed by atoms with Crippen molar-refractivity contribution in [1.82, 2.24) is 9.97 Å². The zero-order chi connectivity index (χ0) is 17.6. The van der Waals surface area contributed by atoms with Gasteiger partial charge in [-0.15, -0.1) is 0 Å². The van der Waals surface area contributed by atoms with Gasteiger partial charge in [0.1, 0.15) is 18.0 Å². The first-order chi connectivity index (χ1) is 12.2. The van der Waals surface area contributed by atoms with Crippen molar-refractivity contribution in [3.8, 4) is 11.5 Å². The largest absolute Gasteiger partial charge is 0.493 e. The van der Waals surface area contributed by atoms with E-state index in [9.17, 15) is 0 Å². The summed E-state index contributed by atoms with van der Waals surface area (Å²) in [5.74, 6) is 3.25. The van der Waals surface area contributed by atoms with E-state index in [1.807, 2.05) is 6.07 Å². The fourth-order valence-corrected chi connectivity index (χ4v) is 2.98. The minimum Gasteiger partial charge on any atom is -0.493 e. The summed E-state index contributed by atoms with van der Waals surface area (Å²) in [5.41, 5.74) is 2.53. The van der Waals surface area contributed by atoms with Gasteiger partial charge >= 0.3 is 0 Å². The Morgan fingerprint density at radius 3 is 2.52 bits per heavy atom. The summed E-state index contributed by atoms with van der Waals surface area (Å²) in [6.45, 7) is 3.03. The number of benzene rings is 1. The highest BCUT2D eigenvalue weighted by molar-refractivity contribution is 5.54. The van der Waals surface area contributed by atoms with Gasteiger partial charge in [0.2, 0.25) is 0 Å². The number of hydrogen-bond donors (Lipinski definition) is 1. The lowest BCUT2D eigenvalue weighted by molar-refractivity contribution is 0.210. The Balaban J connectivity index is 1.77. The van der Waals surface area contributed by atoms with Crippen LogP contribution in [-0.2, 0) is 17.7 Å². The van der Waals surface area contributed by atoms with Crippen LogP contribution in [0.4, 0.5) is 11.6 Å². The molecular weight excluding hydrogens is 320 g/mol. The van der Waals surface area contributed by atoms with Gasteiger partial charge in [-0.1, -0.05) is 0 Å². The highest BCUT2D eigenvalue weighted by Crippen LogP contribution is 2.34. The molecule has 7 nitrogen and oxygen atoms in total. The van der Waals surface area contributed by atoms with Gasteiger partial charge in [0.05, 0.1) is 20.8 Å². The predicted molar refractivity (Wildman–Crippen MR) is 96.7 cm³/mol. The number of methoxy groups -OCH3 is 3. The third-order valence-electron chi connectivity index (χ3n) is 4.31. The van der Waals surface area contributed by atoms with Crippen LogP contribution in [0.25, 0.3) is 0 Å². The lowest BCUT2D eigenvalue weighted by Gasteiger charge is -2.30. The van der Waals surface area contributed by atoms with Crippen molar-refractivity contribution in [3.05, 3.63) is 35.7 Å². The molecule has 0 bridgehead atoms. The molecule has 1 N–H and O–H groups in total. The highest BCUT2D eigenvalue weighted by Gasteiger charge is 2.20. The van der Waals surface area contributed by atoms with Gasteiger partial charge in [-0.2, -0.15) is 0 Å². The van der Waals surface area contributed by atoms with E-state index in [-0.39, 0.29) is 0 Å². The van der Waals surface area contributed by atoms with E-state index in [0.29, 0.717) is 13.2 Å². The summed E-state index contributed by atoms with van der Waals surface area (Å²) in [7, 11) is 5.01. The summed E-state index contributed by atoms with van der Waals surface area (Å²) in [6, 6.07) is 6.10. The van der Waals surface area contributed by atoms with Crippen molar-refractivity contribution in [2.24, 2.45) is 0 Å². The van der Waals surface area contributed by atoms with Gasteiger partial charge in [0, 0.05) is 32.8 Å². The first kappa shape index (κ1) is 17.3. The molecular formula is C18H24N4O3. The second kappa shape index (κ2) is 8.02. The molecule has 2 heterocycles. The van der Waals surface area contributed by atoms with Gasteiger partial charge in [-0.25, -0.2) is 9.97 Å². The van der Waals surface area contributed by atoms with E-state index in [2.05, 4.69) is 32.3 Å². The second-order valence-corrected chi connectivity index (χ2v) is 5.83. The average molecular weight is 344 g/mol. The van der Waals surface area contributed by atoms with Crippen LogP contribution in [0.3, 0.4) is 0 Å². The topological polar surface area (TPSA) is 68.7 Å². The normalized spacial score (nSPS) is 13.3. The molecule has 1 aromatic carbocycles. The quantitative estimate of drug-likeness (QED) is 0.772. The average Bonchev–Trinajstić information content (AvgIpc) is 2.67. The molecule has 1 aromatic heterocycles. The monoisotopic (exact) mass is 344 g/mol. The number of aromatic nitrogens is 2. The molecule has 0 fully saturated rings. The predicted octanol–water partition coefficient (Wildman–Crippen LogP) is 2.11. The molecule has 0 unspecified atom stereocenters. The van der Waals surface area contributed by atoms with E-state index < -0.39 is 0 Å². The maximum atomic E-state index is 5.43. The SMILES string of the molecule is COCCNc1cc(N2CCc3cc(OC)c(OC)cc3C2)ncn1. The molecule has 0 saturated carbocycles. The number of nitrogens with zero attached hydrogens (tertiary/aromatic N) is 3. The summed E-state index contributed by atoms with van der Waals surface area (Å²) in [4.78, 5) is 10.9. The molecule has 134 valence electrons. The molecule has 2 aromatic rings. The Hall–Kier alpha value is -2.54. The van der Waals surface area contributed by atoms with Crippen LogP contribution in [0.5, 0.6) is 11.5 Å². The molecule has 0 radical (unpaired) electrons. The van der Waals surface area contributed by atoms with Gasteiger partial charge in [0.15, 0.2) is 11.5 Å². The van der Waals surface area contributed by atoms with Crippen LogP contribution >= 0.6 is 0 Å². The third kappa shape index (κ3) is 3.93. The molecule has 0 saturated heterocycles. The number of hydrogen-bond acceptors (Lipinski definition) is 7. The van der Waals surface area contributed by atoms with Gasteiger partial charge in [-0.05, 0) is 29.7 Å². The Morgan fingerprint density at radius 1 is 1.04 bits per heavy atom.